The largest absolute Gasteiger partial charge is 0.451 e. The summed E-state index contributed by atoms with van der Waals surface area (Å²) in [6.07, 6.45) is 0. The number of hydrogen-bond acceptors (Lipinski definition) is 6. The van der Waals surface area contributed by atoms with Gasteiger partial charge in [-0.2, -0.15) is 0 Å². The monoisotopic (exact) mass is 424 g/mol. The van der Waals surface area contributed by atoms with Gasteiger partial charge in [-0.25, -0.2) is 4.79 Å². The third-order valence-electron chi connectivity index (χ3n) is 3.48. The molecule has 0 aliphatic rings. The number of esters is 1. The summed E-state index contributed by atoms with van der Waals surface area (Å²) in [5.74, 6) is -1.38. The Morgan fingerprint density at radius 2 is 1.93 bits per heavy atom. The van der Waals surface area contributed by atoms with Crippen LogP contribution in [0.5, 0.6) is 0 Å². The Labute approximate surface area is 166 Å². The molecule has 0 aliphatic carbocycles. The molecule has 0 bridgehead atoms. The van der Waals surface area contributed by atoms with Crippen molar-refractivity contribution < 1.29 is 19.2 Å². The molecule has 7 nitrogen and oxygen atoms in total. The van der Waals surface area contributed by atoms with Crippen molar-refractivity contribution in [2.24, 2.45) is 0 Å². The second-order valence-electron chi connectivity index (χ2n) is 5.29. The molecular weight excluding hydrogens is 415 g/mol. The molecule has 0 fully saturated rings. The lowest BCUT2D eigenvalue weighted by Crippen LogP contribution is -2.20. The van der Waals surface area contributed by atoms with Gasteiger partial charge in [-0.05, 0) is 18.2 Å². The van der Waals surface area contributed by atoms with Crippen molar-refractivity contribution in [1.82, 2.24) is 0 Å². The molecule has 10 heteroatoms. The van der Waals surface area contributed by atoms with E-state index < -0.39 is 23.4 Å². The number of nitrogens with zero attached hydrogens (tertiary/aromatic N) is 1. The van der Waals surface area contributed by atoms with Crippen LogP contribution in [0.15, 0.2) is 42.5 Å². The smallest absolute Gasteiger partial charge is 0.350 e. The van der Waals surface area contributed by atoms with E-state index in [1.807, 2.05) is 12.1 Å². The SMILES string of the molecule is O=C(COC(=O)c1sc2ccccc2c1Cl)Nc1ccc(Cl)c([N+](=O)[O-])c1. The molecule has 2 aromatic carbocycles. The van der Waals surface area contributed by atoms with E-state index in [1.165, 1.54) is 23.5 Å². The van der Waals surface area contributed by atoms with Crippen LogP contribution in [0.4, 0.5) is 11.4 Å². The normalized spacial score (nSPS) is 10.6. The molecule has 0 atom stereocenters. The average Bonchev–Trinajstić information content (AvgIpc) is 2.98. The average molecular weight is 425 g/mol. The van der Waals surface area contributed by atoms with E-state index in [1.54, 1.807) is 12.1 Å². The molecule has 0 unspecified atom stereocenters. The van der Waals surface area contributed by atoms with Crippen LogP contribution in [-0.2, 0) is 9.53 Å². The lowest BCUT2D eigenvalue weighted by molar-refractivity contribution is -0.384. The van der Waals surface area contributed by atoms with Crippen molar-refractivity contribution in [2.75, 3.05) is 11.9 Å². The lowest BCUT2D eigenvalue weighted by Gasteiger charge is -2.06. The molecule has 0 saturated heterocycles. The first-order chi connectivity index (χ1) is 12.9. The number of halogens is 2. The van der Waals surface area contributed by atoms with E-state index in [4.69, 9.17) is 27.9 Å². The Morgan fingerprint density at radius 3 is 2.63 bits per heavy atom. The van der Waals surface area contributed by atoms with Crippen molar-refractivity contribution in [1.29, 1.82) is 0 Å². The fourth-order valence-electron chi connectivity index (χ4n) is 2.27. The molecule has 0 spiro atoms. The maximum Gasteiger partial charge on any atom is 0.350 e. The third kappa shape index (κ3) is 4.19. The number of benzene rings is 2. The minimum Gasteiger partial charge on any atom is -0.451 e. The highest BCUT2D eigenvalue weighted by atomic mass is 35.5. The molecule has 0 saturated carbocycles. The summed E-state index contributed by atoms with van der Waals surface area (Å²) < 4.78 is 5.82. The number of hydrogen-bond donors (Lipinski definition) is 1. The minimum absolute atomic E-state index is 0.0520. The Balaban J connectivity index is 1.65. The zero-order chi connectivity index (χ0) is 19.6. The maximum atomic E-state index is 12.2. The van der Waals surface area contributed by atoms with Gasteiger partial charge in [0.2, 0.25) is 0 Å². The predicted octanol–water partition coefficient (Wildman–Crippen LogP) is 4.91. The number of amides is 1. The molecule has 27 heavy (non-hydrogen) atoms. The van der Waals surface area contributed by atoms with Gasteiger partial charge < -0.3 is 10.1 Å². The van der Waals surface area contributed by atoms with Crippen LogP contribution in [-0.4, -0.2) is 23.4 Å². The Kier molecular flexibility index (Phi) is 5.59. The topological polar surface area (TPSA) is 98.5 Å². The molecule has 1 aromatic heterocycles. The Morgan fingerprint density at radius 1 is 1.19 bits per heavy atom. The highest BCUT2D eigenvalue weighted by molar-refractivity contribution is 7.21. The molecule has 3 aromatic rings. The number of nitro groups is 1. The summed E-state index contributed by atoms with van der Waals surface area (Å²) in [4.78, 5) is 34.5. The molecular formula is C17H10Cl2N2O5S. The van der Waals surface area contributed by atoms with Gasteiger partial charge in [0.25, 0.3) is 11.6 Å². The van der Waals surface area contributed by atoms with E-state index >= 15 is 0 Å². The van der Waals surface area contributed by atoms with Crippen LogP contribution in [0, 0.1) is 10.1 Å². The van der Waals surface area contributed by atoms with Gasteiger partial charge in [-0.3, -0.25) is 14.9 Å². The summed E-state index contributed by atoms with van der Waals surface area (Å²) in [6.45, 7) is -0.570. The van der Waals surface area contributed by atoms with Crippen LogP contribution < -0.4 is 5.32 Å². The van der Waals surface area contributed by atoms with E-state index in [-0.39, 0.29) is 26.3 Å². The number of fused-ring (bicyclic) bond motifs is 1. The quantitative estimate of drug-likeness (QED) is 0.356. The molecule has 0 radical (unpaired) electrons. The second-order valence-corrected chi connectivity index (χ2v) is 7.13. The van der Waals surface area contributed by atoms with Gasteiger partial charge in [0, 0.05) is 21.8 Å². The zero-order valence-electron chi connectivity index (χ0n) is 13.4. The van der Waals surface area contributed by atoms with Crippen molar-refractivity contribution in [2.45, 2.75) is 0 Å². The number of nitro benzene ring substituents is 1. The highest BCUT2D eigenvalue weighted by Gasteiger charge is 2.20. The number of rotatable bonds is 5. The van der Waals surface area contributed by atoms with Crippen molar-refractivity contribution >= 4 is 67.9 Å². The highest BCUT2D eigenvalue weighted by Crippen LogP contribution is 2.35. The summed E-state index contributed by atoms with van der Waals surface area (Å²) in [7, 11) is 0. The summed E-state index contributed by atoms with van der Waals surface area (Å²) in [5.41, 5.74) is -0.185. The van der Waals surface area contributed by atoms with Crippen molar-refractivity contribution in [3.05, 3.63) is 67.5 Å². The van der Waals surface area contributed by atoms with Gasteiger partial charge in [-0.1, -0.05) is 41.4 Å². The number of nitrogens with one attached hydrogen (secondary N) is 1. The first-order valence-corrected chi connectivity index (χ1v) is 9.02. The van der Waals surface area contributed by atoms with E-state index in [9.17, 15) is 19.7 Å². The first kappa shape index (κ1) is 19.1. The summed E-state index contributed by atoms with van der Waals surface area (Å²) in [6, 6.07) is 11.0. The van der Waals surface area contributed by atoms with E-state index in [2.05, 4.69) is 5.32 Å². The van der Waals surface area contributed by atoms with Crippen LogP contribution in [0.2, 0.25) is 10.0 Å². The molecule has 1 heterocycles. The number of carbonyl (C=O) groups is 2. The minimum atomic E-state index is -0.724. The van der Waals surface area contributed by atoms with Crippen LogP contribution in [0.1, 0.15) is 9.67 Å². The van der Waals surface area contributed by atoms with Crippen molar-refractivity contribution in [3.8, 4) is 0 Å². The van der Waals surface area contributed by atoms with Gasteiger partial charge in [0.1, 0.15) is 9.90 Å². The fraction of sp³-hybridized carbons (Fsp3) is 0.0588. The number of thiophene rings is 1. The molecule has 0 aliphatic heterocycles. The standard InChI is InChI=1S/C17H10Cl2N2O5S/c18-11-6-5-9(7-12(11)21(24)25)20-14(22)8-26-17(23)16-15(19)10-3-1-2-4-13(10)27-16/h1-7H,8H2,(H,20,22). The Hall–Kier alpha value is -2.68. The third-order valence-corrected chi connectivity index (χ3v) is 5.46. The first-order valence-electron chi connectivity index (χ1n) is 7.44. The maximum absolute atomic E-state index is 12.2. The lowest BCUT2D eigenvalue weighted by atomic mass is 10.2. The van der Waals surface area contributed by atoms with Gasteiger partial charge in [0.15, 0.2) is 6.61 Å². The second kappa shape index (κ2) is 7.91. The van der Waals surface area contributed by atoms with Gasteiger partial charge in [-0.15, -0.1) is 11.3 Å². The van der Waals surface area contributed by atoms with Gasteiger partial charge in [0.05, 0.1) is 9.95 Å². The molecule has 138 valence electrons. The van der Waals surface area contributed by atoms with Gasteiger partial charge >= 0.3 is 5.97 Å². The number of ether oxygens (including phenoxy) is 1. The van der Waals surface area contributed by atoms with Crippen LogP contribution in [0.3, 0.4) is 0 Å². The van der Waals surface area contributed by atoms with Crippen LogP contribution >= 0.6 is 34.5 Å². The van der Waals surface area contributed by atoms with Crippen LogP contribution in [0.25, 0.3) is 10.1 Å². The van der Waals surface area contributed by atoms with E-state index in [0.29, 0.717) is 0 Å². The number of anilines is 1. The number of carbonyl (C=O) groups excluding carboxylic acids is 2. The van der Waals surface area contributed by atoms with Crippen molar-refractivity contribution in [3.63, 3.8) is 0 Å². The fourth-order valence-corrected chi connectivity index (χ4v) is 3.86. The molecule has 1 amide bonds. The summed E-state index contributed by atoms with van der Waals surface area (Å²) >= 11 is 13.1. The summed E-state index contributed by atoms with van der Waals surface area (Å²) in [5, 5.41) is 14.2. The predicted molar refractivity (Wildman–Crippen MR) is 104 cm³/mol. The molecule has 3 rings (SSSR count). The van der Waals surface area contributed by atoms with E-state index in [0.717, 1.165) is 16.2 Å². The molecule has 1 N–H and O–H groups in total. The Bertz CT molecular complexity index is 1070. The zero-order valence-corrected chi connectivity index (χ0v) is 15.7.